The van der Waals surface area contributed by atoms with Gasteiger partial charge in [0.2, 0.25) is 15.9 Å². The molecule has 42 heavy (non-hydrogen) atoms. The van der Waals surface area contributed by atoms with Crippen LogP contribution in [-0.4, -0.2) is 60.0 Å². The Bertz CT molecular complexity index is 1670. The molecule has 11 nitrogen and oxygen atoms in total. The zero-order valence-corrected chi connectivity index (χ0v) is 24.2. The number of thiazole rings is 1. The number of alkyl halides is 3. The highest BCUT2D eigenvalue weighted by atomic mass is 32.2. The van der Waals surface area contributed by atoms with Crippen LogP contribution in [0, 0.1) is 18.3 Å². The number of pyridine rings is 1. The van der Waals surface area contributed by atoms with Gasteiger partial charge in [-0.3, -0.25) is 15.1 Å². The highest BCUT2D eigenvalue weighted by molar-refractivity contribution is 7.89. The van der Waals surface area contributed by atoms with Crippen molar-refractivity contribution in [2.75, 3.05) is 11.9 Å². The molecule has 4 N–H and O–H groups in total. The van der Waals surface area contributed by atoms with Gasteiger partial charge in [-0.05, 0) is 69.2 Å². The lowest BCUT2D eigenvalue weighted by Gasteiger charge is -2.27. The quantitative estimate of drug-likeness (QED) is 0.361. The lowest BCUT2D eigenvalue weighted by molar-refractivity contribution is -0.181. The molecule has 0 radical (unpaired) electrons. The van der Waals surface area contributed by atoms with Crippen LogP contribution < -0.4 is 15.8 Å². The molecule has 16 heteroatoms. The van der Waals surface area contributed by atoms with Crippen molar-refractivity contribution in [3.05, 3.63) is 59.5 Å². The Morgan fingerprint density at radius 2 is 1.86 bits per heavy atom. The van der Waals surface area contributed by atoms with Crippen LogP contribution in [0.5, 0.6) is 0 Å². The molecular weight excluding hydrogens is 595 g/mol. The van der Waals surface area contributed by atoms with Gasteiger partial charge >= 0.3 is 12.2 Å². The Morgan fingerprint density at radius 1 is 1.19 bits per heavy atom. The normalized spacial score (nSPS) is 17.6. The number of aromatic nitrogens is 2. The van der Waals surface area contributed by atoms with Gasteiger partial charge in [-0.15, -0.1) is 0 Å². The summed E-state index contributed by atoms with van der Waals surface area (Å²) in [5.41, 5.74) is 4.28. The van der Waals surface area contributed by atoms with E-state index in [-0.39, 0.29) is 34.2 Å². The van der Waals surface area contributed by atoms with Gasteiger partial charge in [0.15, 0.2) is 5.13 Å². The molecule has 1 aliphatic rings. The average molecular weight is 622 g/mol. The second-order valence-corrected chi connectivity index (χ2v) is 12.9. The summed E-state index contributed by atoms with van der Waals surface area (Å²) >= 11 is 1.02. The Labute approximate surface area is 243 Å². The molecule has 3 amide bonds. The van der Waals surface area contributed by atoms with Crippen molar-refractivity contribution in [3.63, 3.8) is 0 Å². The monoisotopic (exact) mass is 621 g/mol. The van der Waals surface area contributed by atoms with Gasteiger partial charge in [-0.1, -0.05) is 11.3 Å². The molecule has 0 saturated carbocycles. The SMILES string of the molecule is Cc1nc(NC(=O)N2C[C@H](NS(=O)(=O)c3ccc(C#N)cc3)C[C@H]2C(N)=O)sc1-c1ccnc(C(C)(C)C(F)(F)F)c1. The molecule has 1 saturated heterocycles. The van der Waals surface area contributed by atoms with E-state index in [1.165, 1.54) is 42.6 Å². The van der Waals surface area contributed by atoms with E-state index in [9.17, 15) is 31.2 Å². The van der Waals surface area contributed by atoms with E-state index in [0.717, 1.165) is 30.1 Å². The Balaban J connectivity index is 1.51. The predicted octanol–water partition coefficient (Wildman–Crippen LogP) is 3.66. The molecule has 0 spiro atoms. The summed E-state index contributed by atoms with van der Waals surface area (Å²) in [5, 5.41) is 11.6. The molecule has 222 valence electrons. The van der Waals surface area contributed by atoms with Crippen LogP contribution in [0.15, 0.2) is 47.5 Å². The Morgan fingerprint density at radius 3 is 2.45 bits per heavy atom. The van der Waals surface area contributed by atoms with E-state index < -0.39 is 45.6 Å². The van der Waals surface area contributed by atoms with Crippen molar-refractivity contribution in [2.45, 2.75) is 55.8 Å². The van der Waals surface area contributed by atoms with Crippen LogP contribution in [0.1, 0.15) is 37.2 Å². The molecule has 0 unspecified atom stereocenters. The van der Waals surface area contributed by atoms with Gasteiger partial charge < -0.3 is 10.6 Å². The molecule has 3 aromatic rings. The lowest BCUT2D eigenvalue weighted by Crippen LogP contribution is -2.46. The number of carbonyl (C=O) groups is 2. The fraction of sp³-hybridized carbons (Fsp3) is 0.346. The summed E-state index contributed by atoms with van der Waals surface area (Å²) < 4.78 is 68.9. The van der Waals surface area contributed by atoms with Gasteiger partial charge in [0.25, 0.3) is 0 Å². The zero-order chi connectivity index (χ0) is 31.0. The first-order chi connectivity index (χ1) is 19.5. The van der Waals surface area contributed by atoms with E-state index in [0.29, 0.717) is 16.1 Å². The minimum Gasteiger partial charge on any atom is -0.368 e. The lowest BCUT2D eigenvalue weighted by atomic mass is 9.87. The maximum absolute atomic E-state index is 13.6. The number of benzene rings is 1. The molecule has 2 atom stereocenters. The van der Waals surface area contributed by atoms with Crippen LogP contribution >= 0.6 is 11.3 Å². The smallest absolute Gasteiger partial charge is 0.368 e. The standard InChI is InChI=1S/C26H26F3N7O4S2/c1-14-21(16-8-9-32-20(10-16)25(2,3)26(27,28)29)41-23(33-14)34-24(38)36-13-17(11-19(36)22(31)37)35-42(39,40)18-6-4-15(12-30)5-7-18/h4-10,17,19,35H,11,13H2,1-3H3,(H2,31,37)(H,33,34,38)/t17-,19+/m1/s1. The Hall–Kier alpha value is -4.07. The number of sulfonamides is 1. The van der Waals surface area contributed by atoms with Crippen LogP contribution in [0.2, 0.25) is 0 Å². The van der Waals surface area contributed by atoms with Gasteiger partial charge in [0.05, 0.1) is 32.8 Å². The van der Waals surface area contributed by atoms with Gasteiger partial charge in [0, 0.05) is 18.8 Å². The Kier molecular flexibility index (Phi) is 8.31. The number of urea groups is 1. The number of primary amides is 1. The number of nitrogens with one attached hydrogen (secondary N) is 2. The molecule has 0 bridgehead atoms. The number of carbonyl (C=O) groups excluding carboxylic acids is 2. The molecule has 2 aromatic heterocycles. The molecular formula is C26H26F3N7O4S2. The summed E-state index contributed by atoms with van der Waals surface area (Å²) in [6, 6.07) is 7.29. The van der Waals surface area contributed by atoms with Gasteiger partial charge in [0.1, 0.15) is 11.5 Å². The molecule has 1 aliphatic heterocycles. The topological polar surface area (TPSA) is 171 Å². The number of rotatable bonds is 7. The van der Waals surface area contributed by atoms with Crippen molar-refractivity contribution >= 4 is 38.4 Å². The maximum Gasteiger partial charge on any atom is 0.399 e. The number of hydrogen-bond acceptors (Lipinski definition) is 8. The van der Waals surface area contributed by atoms with E-state index in [1.54, 1.807) is 6.92 Å². The summed E-state index contributed by atoms with van der Waals surface area (Å²) in [4.78, 5) is 35.0. The van der Waals surface area contributed by atoms with Gasteiger partial charge in [-0.2, -0.15) is 18.4 Å². The molecule has 1 aromatic carbocycles. The average Bonchev–Trinajstić information content (AvgIpc) is 3.51. The predicted molar refractivity (Wildman–Crippen MR) is 148 cm³/mol. The number of aryl methyl sites for hydroxylation is 1. The largest absolute Gasteiger partial charge is 0.399 e. The van der Waals surface area contributed by atoms with E-state index in [2.05, 4.69) is 20.0 Å². The van der Waals surface area contributed by atoms with Crippen molar-refractivity contribution in [2.24, 2.45) is 5.73 Å². The molecule has 0 aliphatic carbocycles. The fourth-order valence-electron chi connectivity index (χ4n) is 4.35. The van der Waals surface area contributed by atoms with Crippen molar-refractivity contribution < 1.29 is 31.2 Å². The van der Waals surface area contributed by atoms with E-state index in [4.69, 9.17) is 11.0 Å². The van der Waals surface area contributed by atoms with E-state index in [1.807, 2.05) is 6.07 Å². The van der Waals surface area contributed by atoms with Crippen molar-refractivity contribution in [3.8, 4) is 16.5 Å². The number of nitrogens with two attached hydrogens (primary N) is 1. The molecule has 4 rings (SSSR count). The van der Waals surface area contributed by atoms with Crippen molar-refractivity contribution in [1.82, 2.24) is 19.6 Å². The minimum atomic E-state index is -4.53. The number of nitriles is 1. The summed E-state index contributed by atoms with van der Waals surface area (Å²) in [6.45, 7) is 3.53. The third-order valence-electron chi connectivity index (χ3n) is 6.89. The van der Waals surface area contributed by atoms with Crippen molar-refractivity contribution in [1.29, 1.82) is 5.26 Å². The molecule has 1 fully saturated rings. The fourth-order valence-corrected chi connectivity index (χ4v) is 6.54. The third kappa shape index (κ3) is 6.22. The highest BCUT2D eigenvalue weighted by Gasteiger charge is 2.49. The first kappa shape index (κ1) is 30.9. The number of halogens is 3. The minimum absolute atomic E-state index is 0.0742. The molecule has 3 heterocycles. The zero-order valence-electron chi connectivity index (χ0n) is 22.6. The summed E-state index contributed by atoms with van der Waals surface area (Å²) in [7, 11) is -4.04. The van der Waals surface area contributed by atoms with E-state index >= 15 is 0 Å². The number of amides is 3. The third-order valence-corrected chi connectivity index (χ3v) is 9.55. The second-order valence-electron chi connectivity index (χ2n) is 10.2. The van der Waals surface area contributed by atoms with Gasteiger partial charge in [-0.25, -0.2) is 22.9 Å². The highest BCUT2D eigenvalue weighted by Crippen LogP contribution is 2.41. The maximum atomic E-state index is 13.6. The first-order valence-corrected chi connectivity index (χ1v) is 14.7. The van der Waals surface area contributed by atoms with Crippen LogP contribution in [0.4, 0.5) is 23.1 Å². The van der Waals surface area contributed by atoms with Crippen LogP contribution in [0.3, 0.4) is 0 Å². The van der Waals surface area contributed by atoms with Crippen LogP contribution in [0.25, 0.3) is 10.4 Å². The number of nitrogens with zero attached hydrogens (tertiary/aromatic N) is 4. The number of likely N-dealkylation sites (tertiary alicyclic amines) is 1. The second kappa shape index (κ2) is 11.3. The summed E-state index contributed by atoms with van der Waals surface area (Å²) in [5.74, 6) is -0.835. The number of anilines is 1. The van der Waals surface area contributed by atoms with Crippen LogP contribution in [-0.2, 0) is 20.2 Å². The summed E-state index contributed by atoms with van der Waals surface area (Å²) in [6.07, 6.45) is -3.33. The number of hydrogen-bond donors (Lipinski definition) is 3. The first-order valence-electron chi connectivity index (χ1n) is 12.4.